The summed E-state index contributed by atoms with van der Waals surface area (Å²) >= 11 is 7.29. The Morgan fingerprint density at radius 1 is 1.18 bits per heavy atom. The Labute approximate surface area is 233 Å². The summed E-state index contributed by atoms with van der Waals surface area (Å²) in [6, 6.07) is 6.54. The first-order chi connectivity index (χ1) is 18.7. The molecule has 0 saturated carbocycles. The lowest BCUT2D eigenvalue weighted by atomic mass is 10.1. The fourth-order valence-corrected chi connectivity index (χ4v) is 8.17. The predicted molar refractivity (Wildman–Crippen MR) is 142 cm³/mol. The molecule has 5 heterocycles. The number of hydrogen-bond donors (Lipinski definition) is 0. The number of hydrazine groups is 1. The van der Waals surface area contributed by atoms with E-state index in [2.05, 4.69) is 20.5 Å². The topological polar surface area (TPSA) is 134 Å². The molecule has 1 unspecified atom stereocenters. The number of carbonyl (C=O) groups is 1. The number of aromatic nitrogens is 5. The van der Waals surface area contributed by atoms with Crippen molar-refractivity contribution in [3.8, 4) is 0 Å². The number of carbonyl (C=O) groups excluding carboxylic acids is 1. The van der Waals surface area contributed by atoms with E-state index in [0.717, 1.165) is 15.8 Å². The molecule has 0 N–H and O–H groups in total. The summed E-state index contributed by atoms with van der Waals surface area (Å²) in [5.74, 6) is 0.328. The van der Waals surface area contributed by atoms with E-state index in [4.69, 9.17) is 16.0 Å². The summed E-state index contributed by atoms with van der Waals surface area (Å²) in [4.78, 5) is 19.8. The monoisotopic (exact) mass is 591 g/mol. The number of nitrogens with zero attached hydrogens (tertiary/aromatic N) is 9. The number of amides is 1. The number of hydrogen-bond acceptors (Lipinski definition) is 11. The zero-order valence-corrected chi connectivity index (χ0v) is 23.7. The molecule has 4 aromatic rings. The van der Waals surface area contributed by atoms with Gasteiger partial charge in [-0.2, -0.15) is 4.31 Å². The molecule has 1 fully saturated rings. The number of oxazole rings is 1. The molecule has 1 saturated heterocycles. The van der Waals surface area contributed by atoms with E-state index in [-0.39, 0.29) is 35.6 Å². The van der Waals surface area contributed by atoms with E-state index in [1.54, 1.807) is 27.8 Å². The van der Waals surface area contributed by atoms with E-state index < -0.39 is 16.1 Å². The average Bonchev–Trinajstić information content (AvgIpc) is 3.67. The van der Waals surface area contributed by atoms with Crippen molar-refractivity contribution in [2.24, 2.45) is 0 Å². The maximum absolute atomic E-state index is 13.7. The van der Waals surface area contributed by atoms with Gasteiger partial charge < -0.3 is 9.32 Å². The van der Waals surface area contributed by atoms with Crippen molar-refractivity contribution in [1.29, 1.82) is 0 Å². The van der Waals surface area contributed by atoms with Crippen molar-refractivity contribution in [2.45, 2.75) is 36.3 Å². The summed E-state index contributed by atoms with van der Waals surface area (Å²) in [5, 5.41) is 16.6. The highest BCUT2D eigenvalue weighted by Crippen LogP contribution is 2.34. The molecule has 39 heavy (non-hydrogen) atoms. The number of halogens is 1. The zero-order valence-electron chi connectivity index (χ0n) is 21.3. The number of sulfonamides is 1. The van der Waals surface area contributed by atoms with Gasteiger partial charge in [-0.05, 0) is 40.4 Å². The minimum Gasteiger partial charge on any atom is -0.436 e. The van der Waals surface area contributed by atoms with Crippen LogP contribution in [0, 0.1) is 0 Å². The van der Waals surface area contributed by atoms with Crippen molar-refractivity contribution in [3.63, 3.8) is 0 Å². The largest absolute Gasteiger partial charge is 0.436 e. The second-order valence-corrected chi connectivity index (χ2v) is 13.3. The van der Waals surface area contributed by atoms with E-state index >= 15 is 0 Å². The van der Waals surface area contributed by atoms with Crippen molar-refractivity contribution in [1.82, 2.24) is 44.4 Å². The maximum atomic E-state index is 13.7. The highest BCUT2D eigenvalue weighted by atomic mass is 35.5. The zero-order chi connectivity index (χ0) is 27.3. The minimum absolute atomic E-state index is 0.0221. The van der Waals surface area contributed by atoms with Crippen molar-refractivity contribution < 1.29 is 17.6 Å². The second-order valence-electron chi connectivity index (χ2n) is 9.64. The third-order valence-corrected chi connectivity index (χ3v) is 10.8. The smallest absolute Gasteiger partial charge is 0.310 e. The summed E-state index contributed by atoms with van der Waals surface area (Å²) in [6.07, 6.45) is 1.93. The third kappa shape index (κ3) is 5.05. The molecule has 6 rings (SSSR count). The van der Waals surface area contributed by atoms with Crippen LogP contribution in [0.25, 0.3) is 10.1 Å². The molecule has 1 aromatic carbocycles. The Balaban J connectivity index is 1.26. The fourth-order valence-electron chi connectivity index (χ4n) is 4.87. The molecule has 1 amide bonds. The Kier molecular flexibility index (Phi) is 6.89. The van der Waals surface area contributed by atoms with Crippen LogP contribution in [0.4, 0.5) is 0 Å². The number of tetrazole rings is 1. The molecule has 16 heteroatoms. The predicted octanol–water partition coefficient (Wildman–Crippen LogP) is 1.93. The van der Waals surface area contributed by atoms with Gasteiger partial charge >= 0.3 is 5.91 Å². The van der Waals surface area contributed by atoms with Crippen LogP contribution in [-0.2, 0) is 29.7 Å². The van der Waals surface area contributed by atoms with Crippen LogP contribution in [-0.4, -0.2) is 98.5 Å². The van der Waals surface area contributed by atoms with Crippen LogP contribution < -0.4 is 0 Å². The molecular formula is C23H26ClN9O4S2. The second kappa shape index (κ2) is 10.2. The molecule has 13 nitrogen and oxygen atoms in total. The number of benzene rings is 1. The molecule has 2 aliphatic heterocycles. The van der Waals surface area contributed by atoms with Crippen LogP contribution in [0.3, 0.4) is 0 Å². The molecule has 206 valence electrons. The Hall–Kier alpha value is -2.95. The fraction of sp³-hybridized carbons (Fsp3) is 0.435. The molecule has 1 atom stereocenters. The van der Waals surface area contributed by atoms with Crippen LogP contribution in [0.1, 0.15) is 28.6 Å². The minimum atomic E-state index is -3.80. The number of aryl methyl sites for hydroxylation is 1. The molecular weight excluding hydrogens is 566 g/mol. The first-order valence-electron chi connectivity index (χ1n) is 12.3. The normalized spacial score (nSPS) is 19.6. The Morgan fingerprint density at radius 2 is 2.00 bits per heavy atom. The first kappa shape index (κ1) is 26.3. The highest BCUT2D eigenvalue weighted by Gasteiger charge is 2.39. The van der Waals surface area contributed by atoms with Crippen LogP contribution in [0.5, 0.6) is 0 Å². The standard InChI is InChI=1S/C23H26ClN9O4S2/c1-29-12-18-19(13-30(29)2)37-22(26-18)23(34)33-8-7-32(11-17(33)5-6-31-14-25-27-28-31)39(35,36)21-9-15-3-4-16(24)10-20(15)38-21/h3-4,9-10,14,17H,5-8,11-13H2,1-2H3. The van der Waals surface area contributed by atoms with Gasteiger partial charge in [0.15, 0.2) is 0 Å². The Morgan fingerprint density at radius 3 is 2.79 bits per heavy atom. The van der Waals surface area contributed by atoms with Gasteiger partial charge in [0, 0.05) is 56.0 Å². The number of fused-ring (bicyclic) bond motifs is 2. The van der Waals surface area contributed by atoms with E-state index in [9.17, 15) is 13.2 Å². The molecule has 2 aliphatic rings. The number of thiophene rings is 1. The van der Waals surface area contributed by atoms with Crippen LogP contribution in [0.2, 0.25) is 5.02 Å². The van der Waals surface area contributed by atoms with Gasteiger partial charge in [-0.3, -0.25) is 4.79 Å². The van der Waals surface area contributed by atoms with Gasteiger partial charge in [-0.15, -0.1) is 16.4 Å². The van der Waals surface area contributed by atoms with Gasteiger partial charge in [-0.25, -0.2) is 28.1 Å². The summed E-state index contributed by atoms with van der Waals surface area (Å²) in [5.41, 5.74) is 0.732. The molecule has 0 aliphatic carbocycles. The Bertz CT molecular complexity index is 1590. The summed E-state index contributed by atoms with van der Waals surface area (Å²) in [7, 11) is 0.0843. The van der Waals surface area contributed by atoms with E-state index in [1.165, 1.54) is 22.0 Å². The van der Waals surface area contributed by atoms with Crippen LogP contribution >= 0.6 is 22.9 Å². The summed E-state index contributed by atoms with van der Waals surface area (Å²) < 4.78 is 37.3. The SMILES string of the molecule is CN1Cc2nc(C(=O)N3CCN(S(=O)(=O)c4cc5ccc(Cl)cc5s4)CC3CCn3cnnn3)oc2CN1C. The van der Waals surface area contributed by atoms with Crippen molar-refractivity contribution >= 4 is 49.0 Å². The highest BCUT2D eigenvalue weighted by molar-refractivity contribution is 7.91. The average molecular weight is 592 g/mol. The van der Waals surface area contributed by atoms with Gasteiger partial charge in [0.05, 0.1) is 18.8 Å². The lowest BCUT2D eigenvalue weighted by Crippen LogP contribution is -2.56. The van der Waals surface area contributed by atoms with Crippen molar-refractivity contribution in [2.75, 3.05) is 33.7 Å². The van der Waals surface area contributed by atoms with Gasteiger partial charge in [0.25, 0.3) is 15.9 Å². The van der Waals surface area contributed by atoms with E-state index in [0.29, 0.717) is 36.8 Å². The number of piperazine rings is 1. The van der Waals surface area contributed by atoms with Gasteiger partial charge in [0.1, 0.15) is 16.3 Å². The third-order valence-electron chi connectivity index (χ3n) is 7.14. The molecule has 3 aromatic heterocycles. The number of rotatable bonds is 6. The van der Waals surface area contributed by atoms with Crippen LogP contribution in [0.15, 0.2) is 39.2 Å². The van der Waals surface area contributed by atoms with E-state index in [1.807, 2.05) is 30.2 Å². The lowest BCUT2D eigenvalue weighted by Gasteiger charge is -2.40. The van der Waals surface area contributed by atoms with Crippen molar-refractivity contribution in [3.05, 3.63) is 53.0 Å². The maximum Gasteiger partial charge on any atom is 0.310 e. The molecule has 0 spiro atoms. The first-order valence-corrected chi connectivity index (χ1v) is 14.9. The van der Waals surface area contributed by atoms with Gasteiger partial charge in [-0.1, -0.05) is 17.7 Å². The lowest BCUT2D eigenvalue weighted by molar-refractivity contribution is -0.0103. The summed E-state index contributed by atoms with van der Waals surface area (Å²) in [6.45, 7) is 1.93. The quantitative estimate of drug-likeness (QED) is 0.327. The molecule has 0 bridgehead atoms. The van der Waals surface area contributed by atoms with Gasteiger partial charge in [0.2, 0.25) is 0 Å². The molecule has 0 radical (unpaired) electrons.